The van der Waals surface area contributed by atoms with Crippen molar-refractivity contribution in [3.63, 3.8) is 0 Å². The van der Waals surface area contributed by atoms with Gasteiger partial charge in [0.05, 0.1) is 5.56 Å². The van der Waals surface area contributed by atoms with Crippen molar-refractivity contribution < 1.29 is 22.8 Å². The zero-order valence-corrected chi connectivity index (χ0v) is 24.2. The molecule has 2 fully saturated rings. The Balaban J connectivity index is 1.54. The number of carbonyl (C=O) groups is 2. The highest BCUT2D eigenvalue weighted by atomic mass is 35.5. The summed E-state index contributed by atoms with van der Waals surface area (Å²) in [5.74, 6) is -0.232. The molecule has 2 N–H and O–H groups in total. The Labute approximate surface area is 243 Å². The Bertz CT molecular complexity index is 1230. The number of hydrogen-bond donors (Lipinski definition) is 1. The third-order valence-corrected chi connectivity index (χ3v) is 8.69. The lowest BCUT2D eigenvalue weighted by Crippen LogP contribution is -2.56. The average molecular weight is 600 g/mol. The predicted molar refractivity (Wildman–Crippen MR) is 152 cm³/mol. The Morgan fingerprint density at radius 1 is 1.05 bits per heavy atom. The number of halogens is 5. The first kappa shape index (κ1) is 30.5. The molecular formula is C29H35Cl2F3N4O2. The van der Waals surface area contributed by atoms with Crippen LogP contribution < -0.4 is 10.6 Å². The number of hydrogen-bond acceptors (Lipinski definition) is 4. The van der Waals surface area contributed by atoms with E-state index in [1.54, 1.807) is 28.0 Å². The van der Waals surface area contributed by atoms with E-state index in [1.165, 1.54) is 6.07 Å². The molecule has 6 nitrogen and oxygen atoms in total. The maximum atomic E-state index is 13.8. The Morgan fingerprint density at radius 3 is 2.33 bits per heavy atom. The molecule has 40 heavy (non-hydrogen) atoms. The molecule has 218 valence electrons. The molecule has 0 bridgehead atoms. The summed E-state index contributed by atoms with van der Waals surface area (Å²) in [4.78, 5) is 31.8. The van der Waals surface area contributed by atoms with E-state index in [2.05, 4.69) is 0 Å². The van der Waals surface area contributed by atoms with E-state index >= 15 is 0 Å². The lowest BCUT2D eigenvalue weighted by atomic mass is 9.90. The second-order valence-corrected chi connectivity index (χ2v) is 11.5. The number of likely N-dealkylation sites (tertiary alicyclic amines) is 1. The summed E-state index contributed by atoms with van der Waals surface area (Å²) >= 11 is 12.5. The van der Waals surface area contributed by atoms with Gasteiger partial charge in [-0.1, -0.05) is 49.5 Å². The van der Waals surface area contributed by atoms with Gasteiger partial charge in [-0.3, -0.25) is 9.59 Å². The van der Waals surface area contributed by atoms with E-state index in [0.29, 0.717) is 66.9 Å². The third-order valence-electron chi connectivity index (χ3n) is 8.10. The van der Waals surface area contributed by atoms with Gasteiger partial charge in [-0.15, -0.1) is 0 Å². The van der Waals surface area contributed by atoms with Crippen molar-refractivity contribution in [1.29, 1.82) is 0 Å². The topological polar surface area (TPSA) is 69.9 Å². The molecule has 0 saturated carbocycles. The van der Waals surface area contributed by atoms with Crippen LogP contribution >= 0.6 is 23.2 Å². The summed E-state index contributed by atoms with van der Waals surface area (Å²) in [5, 5.41) is 0.926. The van der Waals surface area contributed by atoms with Crippen LogP contribution in [0.15, 0.2) is 36.4 Å². The molecule has 11 heteroatoms. The molecule has 0 spiro atoms. The summed E-state index contributed by atoms with van der Waals surface area (Å²) < 4.78 is 40.6. The normalized spacial score (nSPS) is 18.7. The van der Waals surface area contributed by atoms with E-state index in [-0.39, 0.29) is 24.2 Å². The van der Waals surface area contributed by atoms with Crippen LogP contribution in [0.2, 0.25) is 10.0 Å². The van der Waals surface area contributed by atoms with Gasteiger partial charge >= 0.3 is 6.18 Å². The monoisotopic (exact) mass is 598 g/mol. The van der Waals surface area contributed by atoms with Gasteiger partial charge in [-0.05, 0) is 53.8 Å². The molecule has 3 unspecified atom stereocenters. The van der Waals surface area contributed by atoms with Crippen molar-refractivity contribution in [2.45, 2.75) is 57.8 Å². The number of alkyl halides is 3. The number of piperazine rings is 1. The van der Waals surface area contributed by atoms with Crippen molar-refractivity contribution >= 4 is 40.7 Å². The molecular weight excluding hydrogens is 564 g/mol. The molecule has 0 aliphatic carbocycles. The average Bonchev–Trinajstić information content (AvgIpc) is 3.36. The summed E-state index contributed by atoms with van der Waals surface area (Å²) in [5.41, 5.74) is 7.57. The number of amides is 2. The van der Waals surface area contributed by atoms with E-state index in [4.69, 9.17) is 28.9 Å². The molecule has 2 aliphatic heterocycles. The number of benzene rings is 2. The maximum absolute atomic E-state index is 13.8. The molecule has 2 saturated heterocycles. The molecule has 4 rings (SSSR count). The van der Waals surface area contributed by atoms with Crippen molar-refractivity contribution in [1.82, 2.24) is 9.80 Å². The fourth-order valence-corrected chi connectivity index (χ4v) is 5.94. The van der Waals surface area contributed by atoms with Crippen LogP contribution in [0.1, 0.15) is 55.8 Å². The third kappa shape index (κ3) is 6.69. The van der Waals surface area contributed by atoms with Gasteiger partial charge in [0.15, 0.2) is 0 Å². The largest absolute Gasteiger partial charge is 0.416 e. The number of rotatable bonds is 8. The lowest BCUT2D eigenvalue weighted by Gasteiger charge is -2.40. The second-order valence-electron chi connectivity index (χ2n) is 10.6. The first-order chi connectivity index (χ1) is 18.9. The van der Waals surface area contributed by atoms with E-state index in [1.807, 2.05) is 18.7 Å². The van der Waals surface area contributed by atoms with E-state index < -0.39 is 23.8 Å². The fourth-order valence-electron chi connectivity index (χ4n) is 5.45. The van der Waals surface area contributed by atoms with Crippen LogP contribution in [0, 0.1) is 5.92 Å². The maximum Gasteiger partial charge on any atom is 0.416 e. The van der Waals surface area contributed by atoms with Gasteiger partial charge in [0, 0.05) is 67.3 Å². The highest BCUT2D eigenvalue weighted by Gasteiger charge is 2.37. The quantitative estimate of drug-likeness (QED) is 0.408. The van der Waals surface area contributed by atoms with Crippen LogP contribution in [0.3, 0.4) is 0 Å². The molecule has 2 heterocycles. The summed E-state index contributed by atoms with van der Waals surface area (Å²) in [6.07, 6.45) is -2.37. The highest BCUT2D eigenvalue weighted by molar-refractivity contribution is 6.35. The molecule has 2 aromatic carbocycles. The van der Waals surface area contributed by atoms with Crippen LogP contribution in [-0.4, -0.2) is 60.4 Å². The van der Waals surface area contributed by atoms with Gasteiger partial charge in [0.25, 0.3) is 0 Å². The zero-order chi connectivity index (χ0) is 29.2. The molecule has 3 atom stereocenters. The number of nitrogens with two attached hydrogens (primary N) is 1. The molecule has 2 aromatic rings. The first-order valence-corrected chi connectivity index (χ1v) is 14.4. The fraction of sp³-hybridized carbons (Fsp3) is 0.517. The van der Waals surface area contributed by atoms with Gasteiger partial charge in [0.2, 0.25) is 11.8 Å². The van der Waals surface area contributed by atoms with Crippen LogP contribution in [0.5, 0.6) is 0 Å². The SMILES string of the molecule is CCC(C)C(N)c1cc(C(F)(F)F)ccc1N1CCN(C(=O)C(Cc2ccc(Cl)cc2Cl)N2CCCC2=O)CC1. The molecule has 0 radical (unpaired) electrons. The summed E-state index contributed by atoms with van der Waals surface area (Å²) in [6.45, 7) is 5.98. The molecule has 2 aliphatic rings. The minimum Gasteiger partial charge on any atom is -0.368 e. The predicted octanol–water partition coefficient (Wildman–Crippen LogP) is 5.94. The van der Waals surface area contributed by atoms with Crippen molar-refractivity contribution in [2.75, 3.05) is 37.6 Å². The molecule has 2 amide bonds. The number of anilines is 1. The van der Waals surface area contributed by atoms with Crippen LogP contribution in [-0.2, 0) is 22.2 Å². The van der Waals surface area contributed by atoms with Gasteiger partial charge in [0.1, 0.15) is 6.04 Å². The van der Waals surface area contributed by atoms with Crippen LogP contribution in [0.25, 0.3) is 0 Å². The summed E-state index contributed by atoms with van der Waals surface area (Å²) in [7, 11) is 0. The standard InChI is InChI=1S/C29H35Cl2F3N4O2/c1-3-18(2)27(35)22-16-20(29(32,33)34)7-9-24(22)36-11-13-37(14-12-36)28(40)25(38-10-4-5-26(38)39)15-19-6-8-21(30)17-23(19)31/h6-9,16-18,25,27H,3-5,10-15,35H2,1-2H3. The van der Waals surface area contributed by atoms with Crippen molar-refractivity contribution in [2.24, 2.45) is 11.7 Å². The van der Waals surface area contributed by atoms with Gasteiger partial charge in [-0.2, -0.15) is 13.2 Å². The molecule has 0 aromatic heterocycles. The minimum atomic E-state index is -4.47. The second kappa shape index (κ2) is 12.6. The Morgan fingerprint density at radius 2 is 1.75 bits per heavy atom. The van der Waals surface area contributed by atoms with Crippen LogP contribution in [0.4, 0.5) is 18.9 Å². The number of nitrogens with zero attached hydrogens (tertiary/aromatic N) is 3. The van der Waals surface area contributed by atoms with Crippen molar-refractivity contribution in [3.8, 4) is 0 Å². The Kier molecular flexibility index (Phi) is 9.58. The zero-order valence-electron chi connectivity index (χ0n) is 22.7. The van der Waals surface area contributed by atoms with Gasteiger partial charge < -0.3 is 20.4 Å². The smallest absolute Gasteiger partial charge is 0.368 e. The van der Waals surface area contributed by atoms with Gasteiger partial charge in [-0.25, -0.2) is 0 Å². The Hall–Kier alpha value is -2.49. The minimum absolute atomic E-state index is 0.0106. The van der Waals surface area contributed by atoms with E-state index in [9.17, 15) is 22.8 Å². The lowest BCUT2D eigenvalue weighted by molar-refractivity contribution is -0.143. The highest BCUT2D eigenvalue weighted by Crippen LogP contribution is 2.37. The number of carbonyl (C=O) groups excluding carboxylic acids is 2. The summed E-state index contributed by atoms with van der Waals surface area (Å²) in [6, 6.07) is 7.59. The van der Waals surface area contributed by atoms with E-state index in [0.717, 1.165) is 24.1 Å². The first-order valence-electron chi connectivity index (χ1n) is 13.6. The van der Waals surface area contributed by atoms with Crippen molar-refractivity contribution in [3.05, 3.63) is 63.1 Å².